The van der Waals surface area contributed by atoms with Crippen LogP contribution in [0.2, 0.25) is 0 Å². The molecule has 2 aliphatic rings. The SMILES string of the molecule is NCCCC[C@@H]1NC(=O)CCSCc2cccc(c2)CSC[C@@H](C(N)=O)NC(=O)[C@@H]2CCCN2C(=O)[C@H](Cc2ccc(O)cc2)NC(=O)[C@H](Cc2cnc[nH]2)NC(=O)[C@H](CC(=O)O)NC(=O)[C@H](Cc2c[nH]c3ccc(F)cc23)NC(=O)[C@H](CCc2ccccc2)NC(=O)CNC1=O. The van der Waals surface area contributed by atoms with E-state index in [0.717, 1.165) is 16.7 Å². The molecule has 0 saturated carbocycles. The van der Waals surface area contributed by atoms with Crippen LogP contribution in [0.15, 0.2) is 116 Å². The molecule has 6 aromatic rings. The first-order valence-corrected chi connectivity index (χ1v) is 34.2. The van der Waals surface area contributed by atoms with Crippen molar-refractivity contribution >= 4 is 99.5 Å². The molecule has 516 valence electrons. The van der Waals surface area contributed by atoms with E-state index in [2.05, 4.69) is 57.5 Å². The van der Waals surface area contributed by atoms with Crippen molar-refractivity contribution in [1.29, 1.82) is 0 Å². The number of benzene rings is 4. The average molecular weight is 1370 g/mol. The molecule has 2 aromatic heterocycles. The van der Waals surface area contributed by atoms with E-state index >= 15 is 0 Å². The van der Waals surface area contributed by atoms with Crippen molar-refractivity contribution in [3.05, 3.63) is 155 Å². The van der Waals surface area contributed by atoms with Crippen LogP contribution in [0, 0.1) is 5.82 Å². The molecule has 8 rings (SSSR count). The lowest BCUT2D eigenvalue weighted by Crippen LogP contribution is -2.61. The van der Waals surface area contributed by atoms with E-state index < -0.39 is 139 Å². The van der Waals surface area contributed by atoms with Gasteiger partial charge in [-0.2, -0.15) is 23.5 Å². The lowest BCUT2D eigenvalue weighted by atomic mass is 10.0. The second-order valence-electron chi connectivity index (χ2n) is 23.8. The quantitative estimate of drug-likeness (QED) is 0.0611. The summed E-state index contributed by atoms with van der Waals surface area (Å²) < 4.78 is 14.9. The van der Waals surface area contributed by atoms with Gasteiger partial charge in [0.15, 0.2) is 0 Å². The zero-order valence-electron chi connectivity index (χ0n) is 53.2. The molecule has 8 atom stereocenters. The minimum atomic E-state index is -1.99. The second kappa shape index (κ2) is 36.3. The highest BCUT2D eigenvalue weighted by Crippen LogP contribution is 2.25. The normalized spacial score (nSPS) is 22.3. The predicted octanol–water partition coefficient (Wildman–Crippen LogP) is 1.56. The summed E-state index contributed by atoms with van der Waals surface area (Å²) in [4.78, 5) is 167. The number of phenols is 1. The molecular weight excluding hydrogens is 1290 g/mol. The summed E-state index contributed by atoms with van der Waals surface area (Å²) in [7, 11) is 0. The van der Waals surface area contributed by atoms with Crippen LogP contribution < -0.4 is 54.0 Å². The van der Waals surface area contributed by atoms with Crippen LogP contribution in [0.4, 0.5) is 4.39 Å². The van der Waals surface area contributed by atoms with Gasteiger partial charge in [0.2, 0.25) is 59.1 Å². The Kier molecular flexibility index (Phi) is 27.4. The molecular formula is C67H81FN14O13S2. The van der Waals surface area contributed by atoms with Crippen LogP contribution in [-0.2, 0) is 89.9 Å². The fraction of sp³-hybridized carbons (Fsp3) is 0.403. The maximum absolute atomic E-state index is 15.0. The number of rotatable bonds is 16. The van der Waals surface area contributed by atoms with Gasteiger partial charge in [0.05, 0.1) is 19.3 Å². The number of halogens is 1. The summed E-state index contributed by atoms with van der Waals surface area (Å²) in [6, 6.07) is 14.6. The highest BCUT2D eigenvalue weighted by Gasteiger charge is 2.41. The number of carbonyl (C=O) groups excluding carboxylic acids is 10. The number of carboxylic acid groups (broad SMARTS) is 1. The number of H-pyrrole nitrogens is 2. The van der Waals surface area contributed by atoms with Crippen molar-refractivity contribution in [1.82, 2.24) is 62.4 Å². The van der Waals surface area contributed by atoms with E-state index in [0.29, 0.717) is 65.1 Å². The maximum Gasteiger partial charge on any atom is 0.305 e. The van der Waals surface area contributed by atoms with Crippen molar-refractivity contribution in [3.8, 4) is 5.75 Å². The van der Waals surface area contributed by atoms with Gasteiger partial charge >= 0.3 is 5.97 Å². The van der Waals surface area contributed by atoms with Gasteiger partial charge in [-0.1, -0.05) is 66.7 Å². The lowest BCUT2D eigenvalue weighted by molar-refractivity contribution is -0.143. The third-order valence-electron chi connectivity index (χ3n) is 16.4. The molecule has 10 amide bonds. The third kappa shape index (κ3) is 22.4. The number of aliphatic carboxylic acids is 1. The third-order valence-corrected chi connectivity index (χ3v) is 18.6. The van der Waals surface area contributed by atoms with Crippen LogP contribution in [0.25, 0.3) is 10.9 Å². The number of aromatic hydroxyl groups is 1. The first kappa shape index (κ1) is 73.0. The number of nitrogens with zero attached hydrogens (tertiary/aromatic N) is 2. The minimum Gasteiger partial charge on any atom is -0.508 e. The van der Waals surface area contributed by atoms with Gasteiger partial charge in [0, 0.05) is 84.2 Å². The smallest absolute Gasteiger partial charge is 0.305 e. The summed E-state index contributed by atoms with van der Waals surface area (Å²) in [6.07, 6.45) is 3.95. The van der Waals surface area contributed by atoms with Gasteiger partial charge in [0.25, 0.3) is 0 Å². The van der Waals surface area contributed by atoms with Gasteiger partial charge in [-0.3, -0.25) is 52.7 Å². The van der Waals surface area contributed by atoms with E-state index in [1.54, 1.807) is 30.3 Å². The van der Waals surface area contributed by atoms with E-state index in [1.165, 1.54) is 89.6 Å². The Labute approximate surface area is 566 Å². The molecule has 4 aromatic carbocycles. The van der Waals surface area contributed by atoms with Crippen LogP contribution in [0.3, 0.4) is 0 Å². The van der Waals surface area contributed by atoms with E-state index in [9.17, 15) is 67.3 Å². The maximum atomic E-state index is 15.0. The Bertz CT molecular complexity index is 3730. The van der Waals surface area contributed by atoms with Crippen molar-refractivity contribution < 1.29 is 67.3 Å². The summed E-state index contributed by atoms with van der Waals surface area (Å²) in [5.74, 6) is -9.34. The van der Waals surface area contributed by atoms with Crippen LogP contribution in [-0.4, -0.2) is 175 Å². The highest BCUT2D eigenvalue weighted by molar-refractivity contribution is 7.98. The molecule has 2 bridgehead atoms. The average Bonchev–Trinajstić information content (AvgIpc) is 1.21. The van der Waals surface area contributed by atoms with Crippen LogP contribution in [0.1, 0.15) is 84.9 Å². The minimum absolute atomic E-state index is 0.0420. The number of aromatic amines is 2. The molecule has 0 radical (unpaired) electrons. The molecule has 16 N–H and O–H groups in total. The first-order valence-electron chi connectivity index (χ1n) is 31.9. The Hall–Kier alpha value is -9.81. The van der Waals surface area contributed by atoms with Crippen LogP contribution >= 0.6 is 23.5 Å². The van der Waals surface area contributed by atoms with Crippen LogP contribution in [0.5, 0.6) is 5.75 Å². The summed E-state index contributed by atoms with van der Waals surface area (Å²) >= 11 is 2.82. The number of hydrogen-bond acceptors (Lipinski definition) is 16. The number of unbranched alkanes of at least 4 members (excludes halogenated alkanes) is 1. The number of amides is 10. The fourth-order valence-electron chi connectivity index (χ4n) is 11.3. The number of aryl methyl sites for hydroxylation is 1. The number of imidazole rings is 1. The number of thioether (sulfide) groups is 2. The van der Waals surface area contributed by atoms with E-state index in [1.807, 2.05) is 24.3 Å². The molecule has 1 saturated heterocycles. The van der Waals surface area contributed by atoms with E-state index in [-0.39, 0.29) is 68.7 Å². The predicted molar refractivity (Wildman–Crippen MR) is 360 cm³/mol. The zero-order valence-corrected chi connectivity index (χ0v) is 54.8. The summed E-state index contributed by atoms with van der Waals surface area (Å²) in [5, 5.41) is 41.9. The molecule has 0 unspecified atom stereocenters. The monoisotopic (exact) mass is 1370 g/mol. The Morgan fingerprint density at radius 3 is 2.02 bits per heavy atom. The summed E-state index contributed by atoms with van der Waals surface area (Å²) in [5.41, 5.74) is 15.7. The highest BCUT2D eigenvalue weighted by atomic mass is 32.2. The number of primary amides is 1. The molecule has 30 heteroatoms. The molecule has 27 nitrogen and oxygen atoms in total. The first-order chi connectivity index (χ1) is 46.7. The molecule has 2 aliphatic heterocycles. The lowest BCUT2D eigenvalue weighted by Gasteiger charge is -2.31. The topological polar surface area (TPSA) is 424 Å². The summed E-state index contributed by atoms with van der Waals surface area (Å²) in [6.45, 7) is -0.279. The van der Waals surface area contributed by atoms with Gasteiger partial charge in [0.1, 0.15) is 59.9 Å². The molecule has 1 fully saturated rings. The standard InChI is InChI=1S/C67H81FN14O13S2/c68-44-17-21-48-47(29-44)43(32-72-48)28-51-63(91)79-53(31-59(86)87)65(93)78-52(30-45-33-71-38-74-45)64(92)80-54(27-40-14-18-46(83)19-15-40)67(95)82-24-7-13-56(82)66(94)81-55(60(70)88)37-97-36-42-11-6-10-41(26-42)35-96-25-22-57(84)75-49(12-4-5-23-69)61(89)73-34-58(85)76-50(62(90)77-51)20-16-39-8-2-1-3-9-39/h1-3,6,8-11,14-15,17-19,21,26,29,32-33,38,49-56,72,83H,4-5,7,12-13,16,20,22-25,27-28,30-31,34-37,69H2,(H2,70,88)(H,71,74)(H,73,89)(H,75,84)(H,76,85)(H,77,90)(H,78,93)(H,79,91)(H,80,92)(H,81,94)(H,86,87)/t49-,50-,51-,52-,53-,54-,55-,56-/m0/s1. The number of carboxylic acids is 1. The van der Waals surface area contributed by atoms with Gasteiger partial charge < -0.3 is 79.1 Å². The molecule has 0 spiro atoms. The van der Waals surface area contributed by atoms with Crippen molar-refractivity contribution in [2.24, 2.45) is 11.5 Å². The Morgan fingerprint density at radius 1 is 0.649 bits per heavy atom. The molecule has 4 heterocycles. The number of hydrogen-bond donors (Lipinski definition) is 14. The number of nitrogens with two attached hydrogens (primary N) is 2. The zero-order chi connectivity index (χ0) is 69.4. The molecule has 0 aliphatic carbocycles. The number of carbonyl (C=O) groups is 11. The number of phenolic OH excluding ortho intramolecular Hbond substituents is 1. The van der Waals surface area contributed by atoms with Gasteiger partial charge in [-0.15, -0.1) is 0 Å². The Balaban J connectivity index is 1.12. The van der Waals surface area contributed by atoms with Crippen molar-refractivity contribution in [2.75, 3.05) is 31.1 Å². The van der Waals surface area contributed by atoms with E-state index in [4.69, 9.17) is 11.5 Å². The number of fused-ring (bicyclic) bond motifs is 4. The van der Waals surface area contributed by atoms with Crippen molar-refractivity contribution in [2.45, 2.75) is 137 Å². The van der Waals surface area contributed by atoms with Crippen molar-refractivity contribution in [3.63, 3.8) is 0 Å². The number of aromatic nitrogens is 3. The largest absolute Gasteiger partial charge is 0.508 e. The number of nitrogens with one attached hydrogen (secondary N) is 10. The fourth-order valence-corrected chi connectivity index (χ4v) is 13.2. The second-order valence-corrected chi connectivity index (χ2v) is 25.9. The Morgan fingerprint density at radius 2 is 1.32 bits per heavy atom. The van der Waals surface area contributed by atoms with Gasteiger partial charge in [-0.25, -0.2) is 9.37 Å². The molecule has 97 heavy (non-hydrogen) atoms. The van der Waals surface area contributed by atoms with Gasteiger partial charge in [-0.05, 0) is 110 Å².